The number of rotatable bonds is 4. The summed E-state index contributed by atoms with van der Waals surface area (Å²) in [6.07, 6.45) is 3.95. The van der Waals surface area contributed by atoms with Gasteiger partial charge in [-0.2, -0.15) is 10.1 Å². The first kappa shape index (κ1) is 26.7. The lowest BCUT2D eigenvalue weighted by atomic mass is 9.94. The van der Waals surface area contributed by atoms with E-state index in [4.69, 9.17) is 5.10 Å². The maximum atomic E-state index is 14.9. The van der Waals surface area contributed by atoms with Crippen LogP contribution in [0.4, 0.5) is 4.39 Å². The lowest BCUT2D eigenvalue weighted by molar-refractivity contribution is -0.128. The summed E-state index contributed by atoms with van der Waals surface area (Å²) in [6, 6.07) is 14.1. The standard InChI is InChI=1S/C30H32FN5O2/c1-6-29(38)34-15-16-35(21(3)18-34)30(32-5)36-28(26(19-37)23-12-8-7-11-20(23)2)17-25(22(4)33-36)24-13-9-10-14-27(24)31/h6-14,17,19,21H,1,15-16,18H2,2-5H3/b28-26+,32-30?. The minimum Gasteiger partial charge on any atom is -0.335 e. The van der Waals surface area contributed by atoms with Gasteiger partial charge in [0.1, 0.15) is 5.82 Å². The Morgan fingerprint density at radius 3 is 2.47 bits per heavy atom. The van der Waals surface area contributed by atoms with Crippen LogP contribution >= 0.6 is 0 Å². The number of hydrogen-bond donors (Lipinski definition) is 0. The zero-order valence-electron chi connectivity index (χ0n) is 22.2. The van der Waals surface area contributed by atoms with Crippen molar-refractivity contribution < 1.29 is 14.0 Å². The smallest absolute Gasteiger partial charge is 0.246 e. The van der Waals surface area contributed by atoms with Crippen LogP contribution in [0.2, 0.25) is 0 Å². The van der Waals surface area contributed by atoms with Crippen LogP contribution in [0.5, 0.6) is 0 Å². The lowest BCUT2D eigenvalue weighted by Gasteiger charge is -2.43. The topological polar surface area (TPSA) is 68.6 Å². The molecule has 0 spiro atoms. The highest BCUT2D eigenvalue weighted by molar-refractivity contribution is 6.25. The van der Waals surface area contributed by atoms with Crippen molar-refractivity contribution in [1.29, 1.82) is 0 Å². The van der Waals surface area contributed by atoms with Gasteiger partial charge in [0.25, 0.3) is 0 Å². The monoisotopic (exact) mass is 513 g/mol. The molecule has 0 aromatic heterocycles. The average Bonchev–Trinajstić information content (AvgIpc) is 2.92. The fraction of sp³-hybridized carbons (Fsp3) is 0.267. The largest absolute Gasteiger partial charge is 0.335 e. The molecule has 1 amide bonds. The van der Waals surface area contributed by atoms with Gasteiger partial charge in [0.05, 0.1) is 11.4 Å². The van der Waals surface area contributed by atoms with Gasteiger partial charge in [-0.25, -0.2) is 4.39 Å². The van der Waals surface area contributed by atoms with Crippen molar-refractivity contribution in [3.05, 3.63) is 95.5 Å². The van der Waals surface area contributed by atoms with Gasteiger partial charge < -0.3 is 9.80 Å². The van der Waals surface area contributed by atoms with E-state index in [2.05, 4.69) is 16.5 Å². The van der Waals surface area contributed by atoms with Gasteiger partial charge in [-0.3, -0.25) is 14.6 Å². The summed E-state index contributed by atoms with van der Waals surface area (Å²) >= 11 is 0. The highest BCUT2D eigenvalue weighted by Crippen LogP contribution is 2.33. The van der Waals surface area contributed by atoms with Crippen molar-refractivity contribution in [3.8, 4) is 0 Å². The van der Waals surface area contributed by atoms with Gasteiger partial charge in [-0.05, 0) is 50.1 Å². The van der Waals surface area contributed by atoms with E-state index < -0.39 is 0 Å². The number of hydrogen-bond acceptors (Lipinski definition) is 4. The fourth-order valence-corrected chi connectivity index (χ4v) is 4.92. The Kier molecular flexibility index (Phi) is 8.00. The molecule has 196 valence electrons. The number of aryl methyl sites for hydroxylation is 1. The molecule has 1 saturated heterocycles. The van der Waals surface area contributed by atoms with Crippen LogP contribution in [0.1, 0.15) is 30.5 Å². The summed E-state index contributed by atoms with van der Waals surface area (Å²) in [5, 5.41) is 6.53. The first-order chi connectivity index (χ1) is 18.3. The molecule has 0 aliphatic carbocycles. The van der Waals surface area contributed by atoms with Crippen molar-refractivity contribution in [2.45, 2.75) is 26.8 Å². The Hall–Kier alpha value is -4.33. The molecule has 2 heterocycles. The Bertz CT molecular complexity index is 1390. The molecule has 2 aromatic rings. The molecule has 0 bridgehead atoms. The van der Waals surface area contributed by atoms with Crippen LogP contribution < -0.4 is 0 Å². The Morgan fingerprint density at radius 2 is 1.84 bits per heavy atom. The molecule has 1 fully saturated rings. The number of halogens is 1. The number of guanidine groups is 1. The average molecular weight is 514 g/mol. The Morgan fingerprint density at radius 1 is 1.13 bits per heavy atom. The Labute approximate surface area is 223 Å². The van der Waals surface area contributed by atoms with E-state index in [1.165, 1.54) is 12.1 Å². The van der Waals surface area contributed by atoms with Crippen LogP contribution in [0.15, 0.2) is 83.1 Å². The third-order valence-electron chi connectivity index (χ3n) is 6.90. The van der Waals surface area contributed by atoms with Gasteiger partial charge in [-0.1, -0.05) is 49.0 Å². The predicted octanol–water partition coefficient (Wildman–Crippen LogP) is 4.52. The van der Waals surface area contributed by atoms with Crippen LogP contribution in [-0.4, -0.2) is 71.4 Å². The van der Waals surface area contributed by atoms with E-state index in [0.717, 1.165) is 17.4 Å². The van der Waals surface area contributed by atoms with Crippen LogP contribution in [-0.2, 0) is 9.59 Å². The first-order valence-corrected chi connectivity index (χ1v) is 12.5. The SMILES string of the molecule is C=CC(=O)N1CCN(C(=NC)N2N=C(C)C(c3ccccc3F)=C/C2=C(/C=O)c2ccccc2C)C(C)C1. The zero-order valence-corrected chi connectivity index (χ0v) is 22.2. The van der Waals surface area contributed by atoms with Gasteiger partial charge in [-0.15, -0.1) is 0 Å². The normalized spacial score (nSPS) is 19.6. The molecule has 7 nitrogen and oxygen atoms in total. The van der Waals surface area contributed by atoms with Crippen LogP contribution in [0, 0.1) is 12.7 Å². The predicted molar refractivity (Wildman–Crippen MR) is 150 cm³/mol. The number of amides is 1. The number of piperazine rings is 1. The van der Waals surface area contributed by atoms with Crippen molar-refractivity contribution in [2.75, 3.05) is 26.7 Å². The third-order valence-corrected chi connectivity index (χ3v) is 6.90. The molecule has 0 saturated carbocycles. The van der Waals surface area contributed by atoms with Crippen molar-refractivity contribution in [3.63, 3.8) is 0 Å². The first-order valence-electron chi connectivity index (χ1n) is 12.5. The number of aldehydes is 1. The minimum atomic E-state index is -0.370. The van der Waals surface area contributed by atoms with Gasteiger partial charge in [0.15, 0.2) is 6.29 Å². The van der Waals surface area contributed by atoms with Gasteiger partial charge in [0.2, 0.25) is 11.9 Å². The molecule has 2 aliphatic rings. The van der Waals surface area contributed by atoms with E-state index in [9.17, 15) is 14.0 Å². The van der Waals surface area contributed by atoms with Crippen molar-refractivity contribution in [2.24, 2.45) is 10.1 Å². The van der Waals surface area contributed by atoms with Crippen molar-refractivity contribution in [1.82, 2.24) is 14.8 Å². The number of hydrazone groups is 1. The summed E-state index contributed by atoms with van der Waals surface area (Å²) in [6.45, 7) is 10.9. The molecule has 38 heavy (non-hydrogen) atoms. The molecule has 2 aliphatic heterocycles. The molecular formula is C30H32FN5O2. The fourth-order valence-electron chi connectivity index (χ4n) is 4.92. The number of carbonyl (C=O) groups excluding carboxylic acids is 2. The van der Waals surface area contributed by atoms with Crippen molar-refractivity contribution >= 4 is 35.0 Å². The van der Waals surface area contributed by atoms with E-state index in [1.54, 1.807) is 35.2 Å². The van der Waals surface area contributed by atoms with Gasteiger partial charge in [0, 0.05) is 49.4 Å². The lowest BCUT2D eigenvalue weighted by Crippen LogP contribution is -2.58. The van der Waals surface area contributed by atoms with Crippen LogP contribution in [0.25, 0.3) is 11.1 Å². The molecule has 0 N–H and O–H groups in total. The number of carbonyl (C=O) groups is 2. The van der Waals surface area contributed by atoms with E-state index in [0.29, 0.717) is 53.7 Å². The van der Waals surface area contributed by atoms with E-state index in [1.807, 2.05) is 51.1 Å². The number of nitrogens with zero attached hydrogens (tertiary/aromatic N) is 5. The third kappa shape index (κ3) is 5.07. The minimum absolute atomic E-state index is 0.0711. The Balaban J connectivity index is 1.87. The number of allylic oxidation sites excluding steroid dienone is 3. The molecular weight excluding hydrogens is 481 g/mol. The second-order valence-electron chi connectivity index (χ2n) is 9.32. The second kappa shape index (κ2) is 11.4. The summed E-state index contributed by atoms with van der Waals surface area (Å²) < 4.78 is 14.9. The van der Waals surface area contributed by atoms with E-state index in [-0.39, 0.29) is 17.8 Å². The quantitative estimate of drug-likeness (QED) is 0.261. The zero-order chi connectivity index (χ0) is 27.4. The maximum absolute atomic E-state index is 14.9. The maximum Gasteiger partial charge on any atom is 0.246 e. The molecule has 4 rings (SSSR count). The molecule has 8 heteroatoms. The molecule has 2 aromatic carbocycles. The number of aliphatic imine (C=N–C) groups is 1. The summed E-state index contributed by atoms with van der Waals surface area (Å²) in [7, 11) is 1.68. The van der Waals surface area contributed by atoms with Crippen LogP contribution in [0.3, 0.4) is 0 Å². The highest BCUT2D eigenvalue weighted by Gasteiger charge is 2.34. The number of benzene rings is 2. The van der Waals surface area contributed by atoms with Gasteiger partial charge >= 0.3 is 0 Å². The highest BCUT2D eigenvalue weighted by atomic mass is 19.1. The van der Waals surface area contributed by atoms with E-state index >= 15 is 0 Å². The molecule has 1 unspecified atom stereocenters. The summed E-state index contributed by atoms with van der Waals surface area (Å²) in [4.78, 5) is 33.3. The summed E-state index contributed by atoms with van der Waals surface area (Å²) in [5.74, 6) is 0.0548. The molecule has 0 radical (unpaired) electrons. The summed E-state index contributed by atoms with van der Waals surface area (Å²) in [5.41, 5.74) is 4.18. The molecule has 1 atom stereocenters. The second-order valence-corrected chi connectivity index (χ2v) is 9.32.